The predicted octanol–water partition coefficient (Wildman–Crippen LogP) is 1.81. The van der Waals surface area contributed by atoms with Gasteiger partial charge in [0.1, 0.15) is 12.4 Å². The Morgan fingerprint density at radius 3 is 2.66 bits per heavy atom. The minimum Gasteiger partial charge on any atom is -0.337 e. The monoisotopic (exact) mass is 400 g/mol. The molecule has 3 rings (SSSR count). The van der Waals surface area contributed by atoms with E-state index in [-0.39, 0.29) is 29.6 Å². The summed E-state index contributed by atoms with van der Waals surface area (Å²) < 4.78 is 14.4. The zero-order chi connectivity index (χ0) is 21.3. The predicted molar refractivity (Wildman–Crippen MR) is 106 cm³/mol. The molecule has 7 nitrogen and oxygen atoms in total. The van der Waals surface area contributed by atoms with E-state index in [2.05, 4.69) is 10.2 Å². The number of hydrogen-bond donors (Lipinski definition) is 1. The Bertz CT molecular complexity index is 1020. The number of hydrogen-bond acceptors (Lipinski definition) is 4. The molecule has 1 aromatic heterocycles. The summed E-state index contributed by atoms with van der Waals surface area (Å²) in [5.41, 5.74) is 2.39. The van der Waals surface area contributed by atoms with Crippen LogP contribution >= 0.6 is 0 Å². The number of nitrogens with one attached hydrogen (secondary N) is 1. The molecule has 0 spiro atoms. The highest BCUT2D eigenvalue weighted by Gasteiger charge is 2.32. The van der Waals surface area contributed by atoms with Crippen LogP contribution in [-0.4, -0.2) is 57.5 Å². The smallest absolute Gasteiger partial charge is 0.267 e. The van der Waals surface area contributed by atoms with Gasteiger partial charge in [-0.25, -0.2) is 9.49 Å². The van der Waals surface area contributed by atoms with Crippen molar-refractivity contribution in [1.29, 1.82) is 0 Å². The van der Waals surface area contributed by atoms with E-state index in [1.807, 2.05) is 20.8 Å². The summed E-state index contributed by atoms with van der Waals surface area (Å²) in [7, 11) is 0. The van der Waals surface area contributed by atoms with Crippen LogP contribution in [0.3, 0.4) is 0 Å². The maximum atomic E-state index is 14.4. The molecular weight excluding hydrogens is 375 g/mol. The number of aromatic amines is 1. The molecule has 1 unspecified atom stereocenters. The molecule has 0 radical (unpaired) electrons. The van der Waals surface area contributed by atoms with Crippen molar-refractivity contribution in [2.45, 2.75) is 40.2 Å². The van der Waals surface area contributed by atoms with Gasteiger partial charge in [-0.1, -0.05) is 6.07 Å². The summed E-state index contributed by atoms with van der Waals surface area (Å²) >= 11 is 0. The molecule has 0 saturated carbocycles. The average Bonchev–Trinajstić information content (AvgIpc) is 2.69. The molecule has 1 saturated heterocycles. The molecule has 1 aliphatic rings. The van der Waals surface area contributed by atoms with Crippen molar-refractivity contribution in [2.75, 3.05) is 19.6 Å². The van der Waals surface area contributed by atoms with E-state index in [1.54, 1.807) is 17.9 Å². The largest absolute Gasteiger partial charge is 0.337 e. The van der Waals surface area contributed by atoms with E-state index in [4.69, 9.17) is 0 Å². The van der Waals surface area contributed by atoms with Gasteiger partial charge in [0.25, 0.3) is 11.5 Å². The van der Waals surface area contributed by atoms with Crippen LogP contribution in [0.25, 0.3) is 0 Å². The van der Waals surface area contributed by atoms with E-state index in [0.717, 1.165) is 5.56 Å². The van der Waals surface area contributed by atoms with Gasteiger partial charge in [0.15, 0.2) is 0 Å². The molecule has 1 aromatic carbocycles. The van der Waals surface area contributed by atoms with Crippen LogP contribution < -0.4 is 5.56 Å². The van der Waals surface area contributed by atoms with Gasteiger partial charge in [-0.15, -0.1) is 0 Å². The first-order valence-electron chi connectivity index (χ1n) is 9.64. The molecule has 29 heavy (non-hydrogen) atoms. The standard InChI is InChI=1S/C21H25FN4O3/c1-5-26-12(2)10-25(11-19(26)27)21(29)16-8-15(6-7-17(16)22)9-18-13(3)14(4)20(28)24-23-18/h6-8,12H,5,9-11H2,1-4H3,(H,24,28). The molecule has 1 aliphatic heterocycles. The van der Waals surface area contributed by atoms with Crippen molar-refractivity contribution in [2.24, 2.45) is 0 Å². The van der Waals surface area contributed by atoms with Crippen molar-refractivity contribution < 1.29 is 14.0 Å². The fraction of sp³-hybridized carbons (Fsp3) is 0.429. The number of aromatic nitrogens is 2. The molecule has 2 heterocycles. The number of rotatable bonds is 4. The second kappa shape index (κ2) is 8.14. The summed E-state index contributed by atoms with van der Waals surface area (Å²) in [6.45, 7) is 8.18. The van der Waals surface area contributed by atoms with E-state index in [0.29, 0.717) is 36.3 Å². The van der Waals surface area contributed by atoms with Gasteiger partial charge in [-0.3, -0.25) is 14.4 Å². The summed E-state index contributed by atoms with van der Waals surface area (Å²) in [6.07, 6.45) is 0.350. The van der Waals surface area contributed by atoms with Crippen LogP contribution in [-0.2, 0) is 11.2 Å². The number of benzene rings is 1. The summed E-state index contributed by atoms with van der Waals surface area (Å²) in [4.78, 5) is 40.0. The van der Waals surface area contributed by atoms with Crippen LogP contribution in [0.1, 0.15) is 46.6 Å². The number of piperazine rings is 1. The van der Waals surface area contributed by atoms with Crippen molar-refractivity contribution in [3.63, 3.8) is 0 Å². The highest BCUT2D eigenvalue weighted by molar-refractivity contribution is 5.97. The lowest BCUT2D eigenvalue weighted by Gasteiger charge is -2.39. The highest BCUT2D eigenvalue weighted by Crippen LogP contribution is 2.19. The van der Waals surface area contributed by atoms with Gasteiger partial charge in [0.05, 0.1) is 11.3 Å². The summed E-state index contributed by atoms with van der Waals surface area (Å²) in [6, 6.07) is 4.23. The normalized spacial score (nSPS) is 17.0. The lowest BCUT2D eigenvalue weighted by atomic mass is 10.0. The Morgan fingerprint density at radius 2 is 2.00 bits per heavy atom. The van der Waals surface area contributed by atoms with E-state index < -0.39 is 11.7 Å². The topological polar surface area (TPSA) is 86.4 Å². The van der Waals surface area contributed by atoms with Gasteiger partial charge >= 0.3 is 0 Å². The maximum absolute atomic E-state index is 14.4. The zero-order valence-electron chi connectivity index (χ0n) is 17.1. The van der Waals surface area contributed by atoms with E-state index >= 15 is 0 Å². The molecule has 0 bridgehead atoms. The Balaban J connectivity index is 1.86. The van der Waals surface area contributed by atoms with Crippen LogP contribution in [0.5, 0.6) is 0 Å². The number of H-pyrrole nitrogens is 1. The number of carbonyl (C=O) groups is 2. The zero-order valence-corrected chi connectivity index (χ0v) is 17.1. The maximum Gasteiger partial charge on any atom is 0.267 e. The van der Waals surface area contributed by atoms with Gasteiger partial charge < -0.3 is 9.80 Å². The molecule has 2 aromatic rings. The van der Waals surface area contributed by atoms with Gasteiger partial charge in [-0.05, 0) is 51.0 Å². The van der Waals surface area contributed by atoms with Gasteiger partial charge in [0.2, 0.25) is 5.91 Å². The first kappa shape index (κ1) is 20.7. The van der Waals surface area contributed by atoms with Crippen molar-refractivity contribution in [3.05, 3.63) is 62.3 Å². The quantitative estimate of drug-likeness (QED) is 0.848. The number of nitrogens with zero attached hydrogens (tertiary/aromatic N) is 3. The third-order valence-electron chi connectivity index (χ3n) is 5.55. The number of likely N-dealkylation sites (N-methyl/N-ethyl adjacent to an activating group) is 1. The van der Waals surface area contributed by atoms with Crippen molar-refractivity contribution >= 4 is 11.8 Å². The van der Waals surface area contributed by atoms with Crippen molar-refractivity contribution in [3.8, 4) is 0 Å². The molecular formula is C21H25FN4O3. The Morgan fingerprint density at radius 1 is 1.28 bits per heavy atom. The van der Waals surface area contributed by atoms with Gasteiger partial charge in [0, 0.05) is 31.1 Å². The molecule has 0 aliphatic carbocycles. The Hall–Kier alpha value is -3.03. The SMILES string of the molecule is CCN1C(=O)CN(C(=O)c2cc(Cc3n[nH]c(=O)c(C)c3C)ccc2F)CC1C. The minimum absolute atomic E-state index is 0.0551. The molecule has 2 amide bonds. The fourth-order valence-corrected chi connectivity index (χ4v) is 3.68. The Labute approximate surface area is 168 Å². The molecule has 8 heteroatoms. The molecule has 1 N–H and O–H groups in total. The number of halogens is 1. The van der Waals surface area contributed by atoms with Crippen LogP contribution in [0.4, 0.5) is 4.39 Å². The molecule has 1 fully saturated rings. The van der Waals surface area contributed by atoms with Crippen molar-refractivity contribution in [1.82, 2.24) is 20.0 Å². The summed E-state index contributed by atoms with van der Waals surface area (Å²) in [5.74, 6) is -1.26. The second-order valence-corrected chi connectivity index (χ2v) is 7.45. The highest BCUT2D eigenvalue weighted by atomic mass is 19.1. The minimum atomic E-state index is -0.626. The van der Waals surface area contributed by atoms with Crippen LogP contribution in [0.2, 0.25) is 0 Å². The number of amides is 2. The summed E-state index contributed by atoms with van der Waals surface area (Å²) in [5, 5.41) is 6.53. The lowest BCUT2D eigenvalue weighted by Crippen LogP contribution is -2.56. The van der Waals surface area contributed by atoms with Crippen LogP contribution in [0, 0.1) is 19.7 Å². The average molecular weight is 400 g/mol. The molecule has 154 valence electrons. The lowest BCUT2D eigenvalue weighted by molar-refractivity contribution is -0.137. The third kappa shape index (κ3) is 4.06. The fourth-order valence-electron chi connectivity index (χ4n) is 3.68. The molecule has 1 atom stereocenters. The number of carbonyl (C=O) groups excluding carboxylic acids is 2. The van der Waals surface area contributed by atoms with Gasteiger partial charge in [-0.2, -0.15) is 5.10 Å². The first-order valence-corrected chi connectivity index (χ1v) is 9.64. The van der Waals surface area contributed by atoms with E-state index in [1.165, 1.54) is 17.0 Å². The second-order valence-electron chi connectivity index (χ2n) is 7.45. The van der Waals surface area contributed by atoms with E-state index in [9.17, 15) is 18.8 Å². The first-order chi connectivity index (χ1) is 13.7. The third-order valence-corrected chi connectivity index (χ3v) is 5.55. The van der Waals surface area contributed by atoms with Crippen LogP contribution in [0.15, 0.2) is 23.0 Å². The Kier molecular flexibility index (Phi) is 5.81.